The monoisotopic (exact) mass is 563 g/mol. The molecule has 1 aromatic heterocycles. The minimum atomic E-state index is -0.392. The lowest BCUT2D eigenvalue weighted by Crippen LogP contribution is -2.46. The molecule has 0 saturated carbocycles. The van der Waals surface area contributed by atoms with Crippen molar-refractivity contribution in [1.29, 1.82) is 0 Å². The molecule has 0 unspecified atom stereocenters. The quantitative estimate of drug-likeness (QED) is 0.271. The summed E-state index contributed by atoms with van der Waals surface area (Å²) in [6.07, 6.45) is 5.09. The Labute approximate surface area is 237 Å². The van der Waals surface area contributed by atoms with E-state index in [9.17, 15) is 14.0 Å². The van der Waals surface area contributed by atoms with E-state index in [1.54, 1.807) is 18.2 Å². The fraction of sp³-hybridized carbons (Fsp3) is 0.367. The van der Waals surface area contributed by atoms with Crippen molar-refractivity contribution in [1.82, 2.24) is 15.2 Å². The number of hydrazone groups is 1. The number of β-amino-alcohol motifs (C(OH)–C–C–N with tert-alkyl or cyclic N) is 1. The van der Waals surface area contributed by atoms with Crippen molar-refractivity contribution in [3.05, 3.63) is 87.0 Å². The second kappa shape index (κ2) is 13.3. The first kappa shape index (κ1) is 28.1. The number of carbonyl (C=O) groups excluding carboxylic acids is 2. The van der Waals surface area contributed by atoms with E-state index in [1.807, 2.05) is 18.2 Å². The number of aliphatic hydroxyl groups excluding tert-OH is 1. The molecule has 0 atom stereocenters. The van der Waals surface area contributed by atoms with Gasteiger partial charge in [-0.25, -0.2) is 9.82 Å². The maximum Gasteiger partial charge on any atom is 0.274 e. The van der Waals surface area contributed by atoms with Crippen molar-refractivity contribution in [2.75, 3.05) is 44.6 Å². The first-order valence-corrected chi connectivity index (χ1v) is 14.5. The Morgan fingerprint density at radius 3 is 2.58 bits per heavy atom. The normalized spacial score (nSPS) is 16.1. The highest BCUT2D eigenvalue weighted by atomic mass is 32.1. The molecule has 8 nitrogen and oxygen atoms in total. The third-order valence-electron chi connectivity index (χ3n) is 7.33. The van der Waals surface area contributed by atoms with Gasteiger partial charge < -0.3 is 10.4 Å². The molecule has 1 fully saturated rings. The molecule has 3 aromatic rings. The third-order valence-corrected chi connectivity index (χ3v) is 8.54. The summed E-state index contributed by atoms with van der Waals surface area (Å²) in [4.78, 5) is 32.3. The molecule has 2 aliphatic rings. The van der Waals surface area contributed by atoms with Crippen LogP contribution in [0.2, 0.25) is 0 Å². The van der Waals surface area contributed by atoms with Crippen LogP contribution in [0.5, 0.6) is 0 Å². The average molecular weight is 564 g/mol. The largest absolute Gasteiger partial charge is 0.395 e. The van der Waals surface area contributed by atoms with E-state index >= 15 is 0 Å². The summed E-state index contributed by atoms with van der Waals surface area (Å²) in [5, 5.41) is 16.7. The first-order chi connectivity index (χ1) is 19.5. The Kier molecular flexibility index (Phi) is 9.33. The molecule has 0 bridgehead atoms. The molecule has 40 heavy (non-hydrogen) atoms. The second-order valence-corrected chi connectivity index (χ2v) is 11.3. The predicted molar refractivity (Wildman–Crippen MR) is 156 cm³/mol. The molecule has 1 saturated heterocycles. The number of thiophene rings is 1. The second-order valence-electron chi connectivity index (χ2n) is 10.2. The molecule has 5 rings (SSSR count). The van der Waals surface area contributed by atoms with Gasteiger partial charge >= 0.3 is 0 Å². The lowest BCUT2D eigenvalue weighted by molar-refractivity contribution is 0.0955. The Morgan fingerprint density at radius 1 is 1.00 bits per heavy atom. The Hall–Kier alpha value is -3.44. The highest BCUT2D eigenvalue weighted by molar-refractivity contribution is 7.17. The van der Waals surface area contributed by atoms with Gasteiger partial charge in [0.2, 0.25) is 0 Å². The molecule has 3 N–H and O–H groups in total. The fourth-order valence-corrected chi connectivity index (χ4v) is 6.54. The Morgan fingerprint density at radius 2 is 1.77 bits per heavy atom. The summed E-state index contributed by atoms with van der Waals surface area (Å²) < 4.78 is 13.5. The first-order valence-electron chi connectivity index (χ1n) is 13.7. The molecule has 1 aliphatic carbocycles. The van der Waals surface area contributed by atoms with Gasteiger partial charge in [0.05, 0.1) is 18.4 Å². The number of nitrogens with zero attached hydrogens (tertiary/aromatic N) is 3. The minimum absolute atomic E-state index is 0.176. The van der Waals surface area contributed by atoms with Crippen molar-refractivity contribution in [3.8, 4) is 0 Å². The lowest BCUT2D eigenvalue weighted by Gasteiger charge is -2.34. The van der Waals surface area contributed by atoms with E-state index in [4.69, 9.17) is 5.11 Å². The number of fused-ring (bicyclic) bond motifs is 1. The molecule has 210 valence electrons. The molecule has 2 amide bonds. The SMILES string of the molecule is O=C(Nc1sc2c(c1C(=O)N/N=C/c1cccc(F)c1)CCCC2)c1cccc(CN2CCN(CCO)CC2)c1. The third kappa shape index (κ3) is 7.00. The van der Waals surface area contributed by atoms with E-state index in [1.165, 1.54) is 29.7 Å². The highest BCUT2D eigenvalue weighted by Gasteiger charge is 2.27. The summed E-state index contributed by atoms with van der Waals surface area (Å²) in [5.74, 6) is -1.03. The van der Waals surface area contributed by atoms with Gasteiger partial charge in [0.25, 0.3) is 11.8 Å². The van der Waals surface area contributed by atoms with Crippen LogP contribution in [0.25, 0.3) is 0 Å². The summed E-state index contributed by atoms with van der Waals surface area (Å²) >= 11 is 1.46. The summed E-state index contributed by atoms with van der Waals surface area (Å²) in [6, 6.07) is 13.6. The number of halogens is 1. The number of hydrogen-bond acceptors (Lipinski definition) is 7. The number of benzene rings is 2. The van der Waals surface area contributed by atoms with Crippen LogP contribution in [-0.4, -0.2) is 72.3 Å². The van der Waals surface area contributed by atoms with Gasteiger partial charge in [0, 0.05) is 49.7 Å². The topological polar surface area (TPSA) is 97.3 Å². The highest BCUT2D eigenvalue weighted by Crippen LogP contribution is 2.38. The molecular weight excluding hydrogens is 529 g/mol. The van der Waals surface area contributed by atoms with Crippen molar-refractivity contribution in [3.63, 3.8) is 0 Å². The van der Waals surface area contributed by atoms with Gasteiger partial charge in [-0.05, 0) is 66.6 Å². The van der Waals surface area contributed by atoms with Crippen LogP contribution in [0.4, 0.5) is 9.39 Å². The van der Waals surface area contributed by atoms with Gasteiger partial charge in [-0.2, -0.15) is 5.10 Å². The van der Waals surface area contributed by atoms with Gasteiger partial charge in [-0.15, -0.1) is 11.3 Å². The number of carbonyl (C=O) groups is 2. The van der Waals surface area contributed by atoms with Gasteiger partial charge in [0.15, 0.2) is 0 Å². The maximum absolute atomic E-state index is 13.5. The molecule has 0 radical (unpaired) electrons. The maximum atomic E-state index is 13.5. The van der Waals surface area contributed by atoms with Crippen LogP contribution in [0.15, 0.2) is 53.6 Å². The van der Waals surface area contributed by atoms with E-state index in [2.05, 4.69) is 25.6 Å². The van der Waals surface area contributed by atoms with Gasteiger partial charge in [-0.1, -0.05) is 24.3 Å². The summed E-state index contributed by atoms with van der Waals surface area (Å²) in [6.45, 7) is 5.29. The standard InChI is InChI=1S/C30H34FN5O3S/c31-24-8-4-5-21(18-24)19-32-34-29(39)27-25-9-1-2-10-26(25)40-30(27)33-28(38)23-7-3-6-22(17-23)20-36-13-11-35(12-14-36)15-16-37/h3-8,17-19,37H,1-2,9-16,20H2,(H,33,38)(H,34,39)/b32-19+. The van der Waals surface area contributed by atoms with E-state index in [-0.39, 0.29) is 18.3 Å². The molecule has 2 heterocycles. The predicted octanol–water partition coefficient (Wildman–Crippen LogP) is 3.89. The average Bonchev–Trinajstić information content (AvgIpc) is 3.32. The number of anilines is 1. The zero-order valence-corrected chi connectivity index (χ0v) is 23.2. The number of hydrogen-bond donors (Lipinski definition) is 3. The lowest BCUT2D eigenvalue weighted by atomic mass is 9.95. The zero-order chi connectivity index (χ0) is 27.9. The zero-order valence-electron chi connectivity index (χ0n) is 22.4. The van der Waals surface area contributed by atoms with Crippen LogP contribution in [0.3, 0.4) is 0 Å². The Bertz CT molecular complexity index is 1380. The van der Waals surface area contributed by atoms with Crippen molar-refractivity contribution < 1.29 is 19.1 Å². The van der Waals surface area contributed by atoms with Crippen LogP contribution in [0, 0.1) is 5.82 Å². The van der Waals surface area contributed by atoms with Crippen LogP contribution < -0.4 is 10.7 Å². The molecule has 2 aromatic carbocycles. The van der Waals surface area contributed by atoms with Crippen molar-refractivity contribution in [2.45, 2.75) is 32.2 Å². The Balaban J connectivity index is 1.28. The molecule has 10 heteroatoms. The van der Waals surface area contributed by atoms with Crippen LogP contribution in [-0.2, 0) is 19.4 Å². The van der Waals surface area contributed by atoms with E-state index in [0.29, 0.717) is 28.2 Å². The number of aryl methyl sites for hydroxylation is 1. The smallest absolute Gasteiger partial charge is 0.274 e. The van der Waals surface area contributed by atoms with E-state index in [0.717, 1.165) is 74.4 Å². The number of nitrogens with one attached hydrogen (secondary N) is 2. The fourth-order valence-electron chi connectivity index (χ4n) is 5.26. The summed E-state index contributed by atoms with van der Waals surface area (Å²) in [5.41, 5.74) is 6.12. The summed E-state index contributed by atoms with van der Waals surface area (Å²) in [7, 11) is 0. The van der Waals surface area contributed by atoms with Crippen LogP contribution in [0.1, 0.15) is 55.1 Å². The van der Waals surface area contributed by atoms with E-state index < -0.39 is 5.91 Å². The van der Waals surface area contributed by atoms with Crippen molar-refractivity contribution >= 4 is 34.4 Å². The number of amides is 2. The van der Waals surface area contributed by atoms with Gasteiger partial charge in [0.1, 0.15) is 10.8 Å². The number of aliphatic hydroxyl groups is 1. The minimum Gasteiger partial charge on any atom is -0.395 e. The van der Waals surface area contributed by atoms with Gasteiger partial charge in [-0.3, -0.25) is 19.4 Å². The molecule has 0 spiro atoms. The number of rotatable bonds is 9. The van der Waals surface area contributed by atoms with Crippen molar-refractivity contribution in [2.24, 2.45) is 5.10 Å². The van der Waals surface area contributed by atoms with Crippen LogP contribution >= 0.6 is 11.3 Å². The molecular formula is C30H34FN5O3S. The molecule has 1 aliphatic heterocycles. The number of piperazine rings is 1.